The molecule has 2 fully saturated rings. The summed E-state index contributed by atoms with van der Waals surface area (Å²) in [5, 5.41) is 9.56. The molecule has 2 aliphatic rings. The average molecular weight is 255 g/mol. The molecule has 2 rings (SSSR count). The van der Waals surface area contributed by atoms with Crippen LogP contribution in [0, 0.1) is 5.41 Å². The molecule has 1 saturated carbocycles. The van der Waals surface area contributed by atoms with E-state index in [1.165, 1.54) is 0 Å². The van der Waals surface area contributed by atoms with Gasteiger partial charge in [-0.2, -0.15) is 0 Å². The van der Waals surface area contributed by atoms with Gasteiger partial charge in [-0.25, -0.2) is 4.79 Å². The zero-order chi connectivity index (χ0) is 13.4. The molecule has 1 amide bonds. The number of aliphatic hydroxyl groups is 1. The monoisotopic (exact) mass is 255 g/mol. The molecule has 0 radical (unpaired) electrons. The van der Waals surface area contributed by atoms with Gasteiger partial charge in [0.1, 0.15) is 5.60 Å². The van der Waals surface area contributed by atoms with Crippen LogP contribution < -0.4 is 0 Å². The van der Waals surface area contributed by atoms with E-state index in [1.54, 1.807) is 0 Å². The van der Waals surface area contributed by atoms with E-state index in [1.807, 2.05) is 25.7 Å². The lowest BCUT2D eigenvalue weighted by Crippen LogP contribution is -2.51. The lowest BCUT2D eigenvalue weighted by Gasteiger charge is -2.40. The number of likely N-dealkylation sites (tertiary alicyclic amines) is 1. The van der Waals surface area contributed by atoms with Crippen LogP contribution in [0.2, 0.25) is 0 Å². The Morgan fingerprint density at radius 2 is 2.06 bits per heavy atom. The second-order valence-corrected chi connectivity index (χ2v) is 6.71. The molecular weight excluding hydrogens is 230 g/mol. The highest BCUT2D eigenvalue weighted by molar-refractivity contribution is 5.69. The minimum atomic E-state index is -0.449. The molecule has 4 heteroatoms. The molecule has 18 heavy (non-hydrogen) atoms. The predicted octanol–water partition coefficient (Wildman–Crippen LogP) is 2.55. The summed E-state index contributed by atoms with van der Waals surface area (Å²) in [7, 11) is 0. The number of piperidine rings is 1. The first kappa shape index (κ1) is 13.7. The number of carbonyl (C=O) groups is 1. The maximum atomic E-state index is 12.2. The highest BCUT2D eigenvalue weighted by Gasteiger charge is 2.53. The summed E-state index contributed by atoms with van der Waals surface area (Å²) in [4.78, 5) is 14.1. The highest BCUT2D eigenvalue weighted by atomic mass is 16.6. The van der Waals surface area contributed by atoms with Gasteiger partial charge < -0.3 is 14.7 Å². The van der Waals surface area contributed by atoms with Crippen LogP contribution >= 0.6 is 0 Å². The zero-order valence-electron chi connectivity index (χ0n) is 11.7. The summed E-state index contributed by atoms with van der Waals surface area (Å²) in [5.41, 5.74) is -0.480. The van der Waals surface area contributed by atoms with Crippen LogP contribution in [0.25, 0.3) is 0 Å². The van der Waals surface area contributed by atoms with Crippen LogP contribution in [-0.4, -0.2) is 40.9 Å². The third kappa shape index (κ3) is 2.79. The molecule has 1 aliphatic carbocycles. The number of hydrogen-bond donors (Lipinski definition) is 1. The molecular formula is C14H25NO3. The zero-order valence-corrected chi connectivity index (χ0v) is 11.7. The molecule has 104 valence electrons. The lowest BCUT2D eigenvalue weighted by molar-refractivity contribution is -0.00770. The molecule has 1 saturated heterocycles. The molecule has 4 nitrogen and oxygen atoms in total. The van der Waals surface area contributed by atoms with Gasteiger partial charge in [0.05, 0.1) is 6.61 Å². The second kappa shape index (κ2) is 4.72. The quantitative estimate of drug-likeness (QED) is 0.825. The van der Waals surface area contributed by atoms with Crippen LogP contribution in [0.1, 0.15) is 52.9 Å². The van der Waals surface area contributed by atoms with Crippen LogP contribution in [0.3, 0.4) is 0 Å². The van der Waals surface area contributed by atoms with Crippen molar-refractivity contribution >= 4 is 6.09 Å². The molecule has 1 N–H and O–H groups in total. The van der Waals surface area contributed by atoms with Crippen molar-refractivity contribution in [3.05, 3.63) is 0 Å². The van der Waals surface area contributed by atoms with Gasteiger partial charge in [-0.1, -0.05) is 0 Å². The molecule has 0 aromatic rings. The summed E-state index contributed by atoms with van der Waals surface area (Å²) >= 11 is 0. The molecule has 0 bridgehead atoms. The van der Waals surface area contributed by atoms with Gasteiger partial charge in [0.15, 0.2) is 0 Å². The Kier molecular flexibility index (Phi) is 3.58. The summed E-state index contributed by atoms with van der Waals surface area (Å²) < 4.78 is 5.48. The fourth-order valence-corrected chi connectivity index (χ4v) is 2.86. The van der Waals surface area contributed by atoms with E-state index >= 15 is 0 Å². The molecule has 0 aromatic carbocycles. The van der Waals surface area contributed by atoms with Crippen LogP contribution in [0.5, 0.6) is 0 Å². The average Bonchev–Trinajstić information content (AvgIpc) is 3.07. The number of rotatable bonds is 2. The van der Waals surface area contributed by atoms with E-state index in [9.17, 15) is 9.90 Å². The number of carbonyl (C=O) groups excluding carboxylic acids is 1. The topological polar surface area (TPSA) is 49.8 Å². The van der Waals surface area contributed by atoms with Gasteiger partial charge in [0, 0.05) is 18.0 Å². The molecule has 1 heterocycles. The van der Waals surface area contributed by atoms with Crippen molar-refractivity contribution in [2.45, 2.75) is 64.5 Å². The first-order valence-electron chi connectivity index (χ1n) is 6.98. The molecule has 0 aromatic heterocycles. The number of ether oxygens (including phenoxy) is 1. The Bertz CT molecular complexity index is 317. The molecule has 1 aliphatic heterocycles. The fourth-order valence-electron chi connectivity index (χ4n) is 2.86. The smallest absolute Gasteiger partial charge is 0.410 e. The van der Waals surface area contributed by atoms with Gasteiger partial charge in [0.25, 0.3) is 0 Å². The summed E-state index contributed by atoms with van der Waals surface area (Å²) in [6.07, 6.45) is 5.04. The van der Waals surface area contributed by atoms with Gasteiger partial charge >= 0.3 is 6.09 Å². The van der Waals surface area contributed by atoms with Crippen LogP contribution in [-0.2, 0) is 4.74 Å². The first-order valence-corrected chi connectivity index (χ1v) is 6.98. The van der Waals surface area contributed by atoms with Gasteiger partial charge in [-0.05, 0) is 52.9 Å². The van der Waals surface area contributed by atoms with Crippen molar-refractivity contribution in [3.63, 3.8) is 0 Å². The first-order chi connectivity index (χ1) is 8.38. The van der Waals surface area contributed by atoms with E-state index < -0.39 is 5.60 Å². The van der Waals surface area contributed by atoms with E-state index in [0.29, 0.717) is 0 Å². The SMILES string of the molecule is CC(C)(C)OC(=O)N1CCCCC1C1(CO)CC1. The maximum absolute atomic E-state index is 12.2. The summed E-state index contributed by atoms with van der Waals surface area (Å²) in [6, 6.07) is 0.172. The van der Waals surface area contributed by atoms with Crippen molar-refractivity contribution in [1.82, 2.24) is 4.90 Å². The third-order valence-electron chi connectivity index (χ3n) is 4.04. The van der Waals surface area contributed by atoms with Gasteiger partial charge in [-0.15, -0.1) is 0 Å². The Balaban J connectivity index is 2.06. The van der Waals surface area contributed by atoms with E-state index in [-0.39, 0.29) is 24.2 Å². The molecule has 1 atom stereocenters. The van der Waals surface area contributed by atoms with Gasteiger partial charge in [-0.3, -0.25) is 0 Å². The number of aliphatic hydroxyl groups excluding tert-OH is 1. The third-order valence-corrected chi connectivity index (χ3v) is 4.04. The number of hydrogen-bond acceptors (Lipinski definition) is 3. The van der Waals surface area contributed by atoms with Crippen LogP contribution in [0.4, 0.5) is 4.79 Å². The summed E-state index contributed by atoms with van der Waals surface area (Å²) in [6.45, 7) is 6.63. The minimum absolute atomic E-state index is 0.0304. The maximum Gasteiger partial charge on any atom is 0.410 e. The van der Waals surface area contributed by atoms with E-state index in [4.69, 9.17) is 4.74 Å². The van der Waals surface area contributed by atoms with Crippen molar-refractivity contribution in [2.24, 2.45) is 5.41 Å². The van der Waals surface area contributed by atoms with Crippen molar-refractivity contribution in [1.29, 1.82) is 0 Å². The lowest BCUT2D eigenvalue weighted by atomic mass is 9.88. The predicted molar refractivity (Wildman–Crippen MR) is 69.3 cm³/mol. The number of nitrogens with zero attached hydrogens (tertiary/aromatic N) is 1. The Morgan fingerprint density at radius 1 is 1.39 bits per heavy atom. The minimum Gasteiger partial charge on any atom is -0.444 e. The van der Waals surface area contributed by atoms with Crippen molar-refractivity contribution < 1.29 is 14.6 Å². The number of amides is 1. The largest absolute Gasteiger partial charge is 0.444 e. The Labute approximate surface area is 109 Å². The van der Waals surface area contributed by atoms with Gasteiger partial charge in [0.2, 0.25) is 0 Å². The molecule has 0 spiro atoms. The van der Waals surface area contributed by atoms with Crippen LogP contribution in [0.15, 0.2) is 0 Å². The summed E-state index contributed by atoms with van der Waals surface area (Å²) in [5.74, 6) is 0. The van der Waals surface area contributed by atoms with E-state index in [0.717, 1.165) is 38.6 Å². The molecule has 1 unspecified atom stereocenters. The Morgan fingerprint density at radius 3 is 2.56 bits per heavy atom. The van der Waals surface area contributed by atoms with Crippen molar-refractivity contribution in [3.8, 4) is 0 Å². The normalized spacial score (nSPS) is 26.9. The fraction of sp³-hybridized carbons (Fsp3) is 0.929. The standard InChI is InChI=1S/C14H25NO3/c1-13(2,3)18-12(17)15-9-5-4-6-11(15)14(10-16)7-8-14/h11,16H,4-10H2,1-3H3. The van der Waals surface area contributed by atoms with E-state index in [2.05, 4.69) is 0 Å². The highest BCUT2D eigenvalue weighted by Crippen LogP contribution is 2.52. The van der Waals surface area contributed by atoms with Crippen molar-refractivity contribution in [2.75, 3.05) is 13.2 Å². The Hall–Kier alpha value is -0.770. The second-order valence-electron chi connectivity index (χ2n) is 6.71.